The van der Waals surface area contributed by atoms with Crippen LogP contribution in [0.25, 0.3) is 0 Å². The van der Waals surface area contributed by atoms with E-state index in [1.165, 1.54) is 11.1 Å². The quantitative estimate of drug-likeness (QED) is 0.196. The molecule has 2 aliphatic heterocycles. The summed E-state index contributed by atoms with van der Waals surface area (Å²) in [7, 11) is 3.33. The Balaban J connectivity index is 1.14. The number of urea groups is 1. The van der Waals surface area contributed by atoms with Gasteiger partial charge >= 0.3 is 6.03 Å². The summed E-state index contributed by atoms with van der Waals surface area (Å²) in [5.74, 6) is 1.50. The molecule has 3 atom stereocenters. The lowest BCUT2D eigenvalue weighted by Crippen LogP contribution is -2.41. The molecule has 0 aromatic heterocycles. The van der Waals surface area contributed by atoms with Crippen LogP contribution in [0.5, 0.6) is 11.5 Å². The van der Waals surface area contributed by atoms with Gasteiger partial charge in [0.2, 0.25) is 0 Å². The van der Waals surface area contributed by atoms with Crippen molar-refractivity contribution in [3.05, 3.63) is 124 Å². The molecule has 0 bridgehead atoms. The molecule has 240 valence electrons. The van der Waals surface area contributed by atoms with Crippen LogP contribution in [0.1, 0.15) is 52.2 Å². The van der Waals surface area contributed by atoms with Crippen molar-refractivity contribution >= 4 is 11.7 Å². The predicted molar refractivity (Wildman–Crippen MR) is 176 cm³/mol. The van der Waals surface area contributed by atoms with Gasteiger partial charge in [0.05, 0.1) is 33.0 Å². The Bertz CT molecular complexity index is 1600. The largest absolute Gasteiger partial charge is 0.493 e. The van der Waals surface area contributed by atoms with Crippen molar-refractivity contribution in [3.63, 3.8) is 0 Å². The molecule has 4 aromatic rings. The van der Waals surface area contributed by atoms with E-state index >= 15 is 0 Å². The van der Waals surface area contributed by atoms with Crippen molar-refractivity contribution in [1.29, 1.82) is 0 Å². The number of carbonyl (C=O) groups excluding carboxylic acids is 1. The fourth-order valence-electron chi connectivity index (χ4n) is 6.10. The zero-order valence-corrected chi connectivity index (χ0v) is 26.3. The van der Waals surface area contributed by atoms with Gasteiger partial charge in [-0.2, -0.15) is 0 Å². The smallest absolute Gasteiger partial charge is 0.319 e. The van der Waals surface area contributed by atoms with Crippen molar-refractivity contribution < 1.29 is 28.8 Å². The number of ether oxygens (including phenoxy) is 4. The Morgan fingerprint density at radius 2 is 1.57 bits per heavy atom. The molecular weight excluding hydrogens is 582 g/mol. The van der Waals surface area contributed by atoms with E-state index in [1.54, 1.807) is 14.2 Å². The normalized spacial score (nSPS) is 19.6. The van der Waals surface area contributed by atoms with E-state index in [9.17, 15) is 9.90 Å². The van der Waals surface area contributed by atoms with Crippen LogP contribution in [0, 0.1) is 0 Å². The van der Waals surface area contributed by atoms with E-state index < -0.39 is 6.29 Å². The van der Waals surface area contributed by atoms with E-state index in [0.29, 0.717) is 18.7 Å². The first-order valence-corrected chi connectivity index (χ1v) is 15.7. The maximum atomic E-state index is 12.5. The van der Waals surface area contributed by atoms with Gasteiger partial charge in [0, 0.05) is 43.9 Å². The lowest BCUT2D eigenvalue weighted by Gasteiger charge is -2.39. The summed E-state index contributed by atoms with van der Waals surface area (Å²) in [6.07, 6.45) is 0.778. The molecule has 3 N–H and O–H groups in total. The van der Waals surface area contributed by atoms with Crippen LogP contribution in [-0.4, -0.2) is 49.5 Å². The zero-order valence-electron chi connectivity index (χ0n) is 26.3. The number of carbonyl (C=O) groups is 1. The summed E-state index contributed by atoms with van der Waals surface area (Å²) in [6, 6.07) is 29.2. The van der Waals surface area contributed by atoms with E-state index in [2.05, 4.69) is 27.7 Å². The molecule has 2 amide bonds. The summed E-state index contributed by atoms with van der Waals surface area (Å²) in [5, 5.41) is 15.3. The molecule has 4 aromatic carbocycles. The summed E-state index contributed by atoms with van der Waals surface area (Å²) < 4.78 is 24.2. The average molecular weight is 624 g/mol. The van der Waals surface area contributed by atoms with Gasteiger partial charge in [-0.05, 0) is 58.5 Å². The molecule has 46 heavy (non-hydrogen) atoms. The Morgan fingerprint density at radius 3 is 2.26 bits per heavy atom. The standard InChI is InChI=1S/C37H41N3O6/c1-43-34-18-29-16-17-40(22-30(29)19-35(34)44-2)23-32-20-33(27-10-8-26(24-41)9-11-27)46-36(45-32)28-12-14-31(15-13-28)39-37(42)38-21-25-6-4-3-5-7-25/h3-15,18-19,32-33,36,41H,16-17,20-24H2,1-2H3,(H2,38,39,42)/t32-,33+,36+/m0/s1. The van der Waals surface area contributed by atoms with Gasteiger partial charge in [0.15, 0.2) is 17.8 Å². The van der Waals surface area contributed by atoms with Crippen LogP contribution >= 0.6 is 0 Å². The number of fused-ring (bicyclic) bond motifs is 1. The minimum Gasteiger partial charge on any atom is -0.493 e. The summed E-state index contributed by atoms with van der Waals surface area (Å²) >= 11 is 0. The number of nitrogens with one attached hydrogen (secondary N) is 2. The third kappa shape index (κ3) is 7.68. The van der Waals surface area contributed by atoms with Crippen LogP contribution in [-0.2, 0) is 35.6 Å². The molecule has 6 rings (SSSR count). The third-order valence-electron chi connectivity index (χ3n) is 8.61. The second-order valence-corrected chi connectivity index (χ2v) is 11.7. The van der Waals surface area contributed by atoms with E-state index in [0.717, 1.165) is 59.8 Å². The van der Waals surface area contributed by atoms with Gasteiger partial charge < -0.3 is 34.7 Å². The van der Waals surface area contributed by atoms with Crippen LogP contribution in [0.15, 0.2) is 91.0 Å². The van der Waals surface area contributed by atoms with Gasteiger partial charge in [-0.25, -0.2) is 4.79 Å². The van der Waals surface area contributed by atoms with Crippen molar-refractivity contribution in [2.75, 3.05) is 32.6 Å². The third-order valence-corrected chi connectivity index (χ3v) is 8.61. The Morgan fingerprint density at radius 1 is 0.870 bits per heavy atom. The molecule has 1 saturated heterocycles. The molecule has 0 unspecified atom stereocenters. The fraction of sp³-hybridized carbons (Fsp3) is 0.324. The van der Waals surface area contributed by atoms with Crippen LogP contribution in [0.4, 0.5) is 10.5 Å². The van der Waals surface area contributed by atoms with Crippen LogP contribution < -0.4 is 20.1 Å². The molecule has 0 aliphatic carbocycles. The number of anilines is 1. The highest BCUT2D eigenvalue weighted by Crippen LogP contribution is 2.39. The van der Waals surface area contributed by atoms with Gasteiger partial charge in [0.25, 0.3) is 0 Å². The van der Waals surface area contributed by atoms with Crippen molar-refractivity contribution in [2.24, 2.45) is 0 Å². The number of aliphatic hydroxyl groups excluding tert-OH is 1. The fourth-order valence-corrected chi connectivity index (χ4v) is 6.10. The molecular formula is C37H41N3O6. The number of hydrogen-bond acceptors (Lipinski definition) is 7. The molecule has 2 heterocycles. The first kappa shape index (κ1) is 31.6. The summed E-state index contributed by atoms with van der Waals surface area (Å²) in [5.41, 5.74) is 7.00. The molecule has 0 saturated carbocycles. The predicted octanol–water partition coefficient (Wildman–Crippen LogP) is 6.12. The Kier molecular flexibility index (Phi) is 10.1. The summed E-state index contributed by atoms with van der Waals surface area (Å²) in [4.78, 5) is 14.9. The maximum Gasteiger partial charge on any atom is 0.319 e. The highest BCUT2D eigenvalue weighted by Gasteiger charge is 2.34. The molecule has 2 aliphatic rings. The molecule has 9 heteroatoms. The van der Waals surface area contributed by atoms with Gasteiger partial charge in [-0.3, -0.25) is 4.90 Å². The van der Waals surface area contributed by atoms with Gasteiger partial charge in [0.1, 0.15) is 0 Å². The first-order valence-electron chi connectivity index (χ1n) is 15.7. The highest BCUT2D eigenvalue weighted by molar-refractivity contribution is 5.89. The first-order chi connectivity index (χ1) is 22.5. The number of benzene rings is 4. The molecule has 0 spiro atoms. The lowest BCUT2D eigenvalue weighted by molar-refractivity contribution is -0.253. The van der Waals surface area contributed by atoms with E-state index in [4.69, 9.17) is 18.9 Å². The van der Waals surface area contributed by atoms with E-state index in [-0.39, 0.29) is 24.8 Å². The number of aliphatic hydroxyl groups is 1. The second-order valence-electron chi connectivity index (χ2n) is 11.7. The van der Waals surface area contributed by atoms with Crippen molar-refractivity contribution in [3.8, 4) is 11.5 Å². The van der Waals surface area contributed by atoms with Crippen LogP contribution in [0.3, 0.4) is 0 Å². The number of amides is 2. The Labute approximate surface area is 270 Å². The second kappa shape index (κ2) is 14.8. The maximum absolute atomic E-state index is 12.5. The molecule has 9 nitrogen and oxygen atoms in total. The average Bonchev–Trinajstić information content (AvgIpc) is 3.10. The zero-order chi connectivity index (χ0) is 31.9. The minimum absolute atomic E-state index is 0.00206. The summed E-state index contributed by atoms with van der Waals surface area (Å²) in [6.45, 7) is 2.90. The number of hydrogen-bond donors (Lipinski definition) is 3. The Hall–Kier alpha value is -4.41. The highest BCUT2D eigenvalue weighted by atomic mass is 16.7. The van der Waals surface area contributed by atoms with E-state index in [1.807, 2.05) is 78.9 Å². The topological polar surface area (TPSA) is 102 Å². The molecule has 1 fully saturated rings. The number of nitrogens with zero attached hydrogens (tertiary/aromatic N) is 1. The van der Waals surface area contributed by atoms with Crippen molar-refractivity contribution in [1.82, 2.24) is 10.2 Å². The molecule has 0 radical (unpaired) electrons. The van der Waals surface area contributed by atoms with Crippen LogP contribution in [0.2, 0.25) is 0 Å². The SMILES string of the molecule is COc1cc2c(cc1OC)CN(C[C@@H]1C[C@H](c3ccc(CO)cc3)O[C@H](c3ccc(NC(=O)NCc4ccccc4)cc3)O1)CC2. The monoisotopic (exact) mass is 623 g/mol. The lowest BCUT2D eigenvalue weighted by atomic mass is 9.97. The minimum atomic E-state index is -0.580. The van der Waals surface area contributed by atoms with Gasteiger partial charge in [-0.15, -0.1) is 0 Å². The number of rotatable bonds is 10. The van der Waals surface area contributed by atoms with Gasteiger partial charge in [-0.1, -0.05) is 66.7 Å². The number of methoxy groups -OCH3 is 2. The van der Waals surface area contributed by atoms with Crippen molar-refractivity contribution in [2.45, 2.75) is 51.0 Å².